The van der Waals surface area contributed by atoms with Gasteiger partial charge in [-0.3, -0.25) is 9.10 Å². The molecule has 1 N–H and O–H groups in total. The minimum absolute atomic E-state index is 0.0868. The molecular formula is C27H23ClN2O4S. The Morgan fingerprint density at radius 1 is 0.886 bits per heavy atom. The van der Waals surface area contributed by atoms with E-state index in [1.165, 1.54) is 4.31 Å². The second kappa shape index (κ2) is 10.6. The SMILES string of the molecule is CS(=O)(=O)N(Cc1ccccc1)c1ccccc1C(=O)Nc1cc(Cl)ccc1Oc1ccccc1. The van der Waals surface area contributed by atoms with E-state index in [0.29, 0.717) is 22.2 Å². The summed E-state index contributed by atoms with van der Waals surface area (Å²) in [7, 11) is -3.69. The van der Waals surface area contributed by atoms with Crippen molar-refractivity contribution in [3.63, 3.8) is 0 Å². The Morgan fingerprint density at radius 3 is 2.20 bits per heavy atom. The van der Waals surface area contributed by atoms with E-state index < -0.39 is 15.9 Å². The van der Waals surface area contributed by atoms with Gasteiger partial charge >= 0.3 is 0 Å². The Bertz CT molecular complexity index is 1430. The summed E-state index contributed by atoms with van der Waals surface area (Å²) < 4.78 is 32.6. The van der Waals surface area contributed by atoms with Crippen molar-refractivity contribution in [3.8, 4) is 11.5 Å². The lowest BCUT2D eigenvalue weighted by Crippen LogP contribution is -2.31. The van der Waals surface area contributed by atoms with E-state index in [2.05, 4.69) is 5.32 Å². The largest absolute Gasteiger partial charge is 0.455 e. The molecule has 0 aliphatic heterocycles. The summed E-state index contributed by atoms with van der Waals surface area (Å²) >= 11 is 6.19. The maximum Gasteiger partial charge on any atom is 0.257 e. The fourth-order valence-corrected chi connectivity index (χ4v) is 4.58. The fourth-order valence-electron chi connectivity index (χ4n) is 3.51. The van der Waals surface area contributed by atoms with Crippen molar-refractivity contribution in [1.82, 2.24) is 0 Å². The number of amides is 1. The van der Waals surface area contributed by atoms with E-state index in [4.69, 9.17) is 16.3 Å². The highest BCUT2D eigenvalue weighted by Crippen LogP contribution is 2.33. The van der Waals surface area contributed by atoms with Gasteiger partial charge in [-0.1, -0.05) is 72.3 Å². The summed E-state index contributed by atoms with van der Waals surface area (Å²) in [6, 6.07) is 29.8. The van der Waals surface area contributed by atoms with Gasteiger partial charge in [-0.15, -0.1) is 0 Å². The van der Waals surface area contributed by atoms with Crippen molar-refractivity contribution in [2.24, 2.45) is 0 Å². The minimum Gasteiger partial charge on any atom is -0.455 e. The van der Waals surface area contributed by atoms with Crippen molar-refractivity contribution in [1.29, 1.82) is 0 Å². The number of nitrogens with zero attached hydrogens (tertiary/aromatic N) is 1. The average Bonchev–Trinajstić information content (AvgIpc) is 2.85. The van der Waals surface area contributed by atoms with Crippen molar-refractivity contribution in [2.75, 3.05) is 15.9 Å². The van der Waals surface area contributed by atoms with Crippen LogP contribution in [-0.4, -0.2) is 20.6 Å². The Labute approximate surface area is 209 Å². The molecule has 4 aromatic carbocycles. The molecule has 35 heavy (non-hydrogen) atoms. The maximum absolute atomic E-state index is 13.4. The topological polar surface area (TPSA) is 75.7 Å². The summed E-state index contributed by atoms with van der Waals surface area (Å²) in [4.78, 5) is 13.4. The van der Waals surface area contributed by atoms with Gasteiger partial charge < -0.3 is 10.1 Å². The first-order valence-corrected chi connectivity index (χ1v) is 13.0. The van der Waals surface area contributed by atoms with Crippen molar-refractivity contribution >= 4 is 38.9 Å². The number of sulfonamides is 1. The molecule has 0 saturated heterocycles. The molecule has 178 valence electrons. The quantitative estimate of drug-likeness (QED) is 0.302. The van der Waals surface area contributed by atoms with Gasteiger partial charge in [-0.25, -0.2) is 8.42 Å². The van der Waals surface area contributed by atoms with E-state index >= 15 is 0 Å². The first-order chi connectivity index (χ1) is 16.8. The Kier molecular flexibility index (Phi) is 7.39. The number of anilines is 2. The smallest absolute Gasteiger partial charge is 0.257 e. The van der Waals surface area contributed by atoms with E-state index in [-0.39, 0.29) is 17.8 Å². The lowest BCUT2D eigenvalue weighted by molar-refractivity contribution is 0.102. The molecule has 0 unspecified atom stereocenters. The fraction of sp³-hybridized carbons (Fsp3) is 0.0741. The van der Waals surface area contributed by atoms with E-state index in [9.17, 15) is 13.2 Å². The third kappa shape index (κ3) is 6.20. The Morgan fingerprint density at radius 2 is 1.51 bits per heavy atom. The standard InChI is InChI=1S/C27H23ClN2O4S/c1-35(32,33)30(19-20-10-4-2-5-11-20)25-15-9-8-14-23(25)27(31)29-24-18-21(28)16-17-26(24)34-22-12-6-3-7-13-22/h2-18H,19H2,1H3,(H,29,31). The molecule has 6 nitrogen and oxygen atoms in total. The van der Waals surface area contributed by atoms with E-state index in [0.717, 1.165) is 11.8 Å². The maximum atomic E-state index is 13.4. The van der Waals surface area contributed by atoms with Crippen LogP contribution in [0.25, 0.3) is 0 Å². The molecule has 0 fully saturated rings. The Hall–Kier alpha value is -3.81. The van der Waals surface area contributed by atoms with Gasteiger partial charge in [0, 0.05) is 5.02 Å². The van der Waals surface area contributed by atoms with Crippen LogP contribution < -0.4 is 14.4 Å². The number of nitrogens with one attached hydrogen (secondary N) is 1. The van der Waals surface area contributed by atoms with E-state index in [1.54, 1.807) is 54.6 Å². The first-order valence-electron chi connectivity index (χ1n) is 10.8. The normalized spacial score (nSPS) is 11.0. The number of hydrogen-bond donors (Lipinski definition) is 1. The highest BCUT2D eigenvalue weighted by molar-refractivity contribution is 7.92. The van der Waals surface area contributed by atoms with Crippen molar-refractivity contribution < 1.29 is 17.9 Å². The number of halogens is 1. The monoisotopic (exact) mass is 506 g/mol. The van der Waals surface area contributed by atoms with Crippen LogP contribution in [0.2, 0.25) is 5.02 Å². The zero-order valence-corrected chi connectivity index (χ0v) is 20.5. The van der Waals surface area contributed by atoms with Crippen LogP contribution in [0.4, 0.5) is 11.4 Å². The number of carbonyl (C=O) groups is 1. The molecule has 4 rings (SSSR count). The number of para-hydroxylation sites is 2. The number of benzene rings is 4. The van der Waals surface area contributed by atoms with Gasteiger partial charge in [0.15, 0.2) is 5.75 Å². The Balaban J connectivity index is 1.67. The highest BCUT2D eigenvalue weighted by Gasteiger charge is 2.24. The van der Waals surface area contributed by atoms with Crippen LogP contribution in [0.5, 0.6) is 11.5 Å². The molecule has 0 heterocycles. The zero-order valence-electron chi connectivity index (χ0n) is 18.9. The van der Waals surface area contributed by atoms with Crippen LogP contribution in [0.3, 0.4) is 0 Å². The molecule has 4 aromatic rings. The number of ether oxygens (including phenoxy) is 1. The minimum atomic E-state index is -3.69. The molecule has 8 heteroatoms. The molecule has 0 aliphatic rings. The summed E-state index contributed by atoms with van der Waals surface area (Å²) in [5.41, 5.74) is 1.61. The molecular weight excluding hydrogens is 484 g/mol. The lowest BCUT2D eigenvalue weighted by Gasteiger charge is -2.25. The van der Waals surface area contributed by atoms with Crippen LogP contribution in [0.15, 0.2) is 103 Å². The highest BCUT2D eigenvalue weighted by atomic mass is 35.5. The van der Waals surface area contributed by atoms with Crippen LogP contribution in [-0.2, 0) is 16.6 Å². The van der Waals surface area contributed by atoms with Crippen molar-refractivity contribution in [2.45, 2.75) is 6.54 Å². The second-order valence-electron chi connectivity index (χ2n) is 7.78. The second-order valence-corrected chi connectivity index (χ2v) is 10.1. The van der Waals surface area contributed by atoms with Crippen LogP contribution in [0.1, 0.15) is 15.9 Å². The molecule has 0 spiro atoms. The molecule has 0 aromatic heterocycles. The third-order valence-electron chi connectivity index (χ3n) is 5.15. The van der Waals surface area contributed by atoms with Gasteiger partial charge in [0.1, 0.15) is 5.75 Å². The summed E-state index contributed by atoms with van der Waals surface area (Å²) in [6.45, 7) is 0.0868. The molecule has 0 bridgehead atoms. The first kappa shape index (κ1) is 24.3. The number of hydrogen-bond acceptors (Lipinski definition) is 4. The summed E-state index contributed by atoms with van der Waals surface area (Å²) in [5, 5.41) is 3.24. The summed E-state index contributed by atoms with van der Waals surface area (Å²) in [6.07, 6.45) is 1.12. The van der Waals surface area contributed by atoms with Gasteiger partial charge in [-0.05, 0) is 48.0 Å². The number of rotatable bonds is 8. The van der Waals surface area contributed by atoms with Gasteiger partial charge in [0.2, 0.25) is 10.0 Å². The molecule has 0 atom stereocenters. The third-order valence-corrected chi connectivity index (χ3v) is 6.51. The van der Waals surface area contributed by atoms with Gasteiger partial charge in [-0.2, -0.15) is 0 Å². The van der Waals surface area contributed by atoms with Crippen molar-refractivity contribution in [3.05, 3.63) is 119 Å². The van der Waals surface area contributed by atoms with Crippen LogP contribution in [0, 0.1) is 0 Å². The summed E-state index contributed by atoms with van der Waals surface area (Å²) in [5.74, 6) is 0.495. The van der Waals surface area contributed by atoms with Crippen LogP contribution >= 0.6 is 11.6 Å². The average molecular weight is 507 g/mol. The zero-order chi connectivity index (χ0) is 24.8. The molecule has 0 aliphatic carbocycles. The molecule has 0 saturated carbocycles. The van der Waals surface area contributed by atoms with Gasteiger partial charge in [0.05, 0.1) is 29.7 Å². The van der Waals surface area contributed by atoms with E-state index in [1.807, 2.05) is 48.5 Å². The predicted octanol–water partition coefficient (Wildman–Crippen LogP) is 6.35. The molecule has 0 radical (unpaired) electrons. The number of carbonyl (C=O) groups excluding carboxylic acids is 1. The lowest BCUT2D eigenvalue weighted by atomic mass is 10.1. The molecule has 1 amide bonds. The predicted molar refractivity (Wildman–Crippen MR) is 140 cm³/mol. The van der Waals surface area contributed by atoms with Gasteiger partial charge in [0.25, 0.3) is 5.91 Å².